The van der Waals surface area contributed by atoms with Crippen LogP contribution in [0.5, 0.6) is 0 Å². The Morgan fingerprint density at radius 3 is 2.47 bits per heavy atom. The van der Waals surface area contributed by atoms with E-state index in [1.807, 2.05) is 58.0 Å². The van der Waals surface area contributed by atoms with Gasteiger partial charge < -0.3 is 24.4 Å². The normalized spacial score (nSPS) is 18.4. The lowest BCUT2D eigenvalue weighted by Crippen LogP contribution is -2.53. The molecule has 7 nitrogen and oxygen atoms in total. The topological polar surface area (TPSA) is 79.3 Å². The van der Waals surface area contributed by atoms with Gasteiger partial charge in [0, 0.05) is 26.1 Å². The van der Waals surface area contributed by atoms with Crippen molar-refractivity contribution in [2.45, 2.75) is 70.6 Å². The summed E-state index contributed by atoms with van der Waals surface area (Å²) in [4.78, 5) is 28.5. The zero-order valence-electron chi connectivity index (χ0n) is 20.1. The highest BCUT2D eigenvalue weighted by atomic mass is 16.6. The van der Waals surface area contributed by atoms with Crippen LogP contribution in [-0.4, -0.2) is 65.5 Å². The maximum absolute atomic E-state index is 12.7. The first kappa shape index (κ1) is 25.7. The molecular weight excluding hydrogens is 408 g/mol. The molecule has 2 rings (SSSR count). The van der Waals surface area contributed by atoms with Gasteiger partial charge in [-0.05, 0) is 52.5 Å². The smallest absolute Gasteiger partial charge is 0.410 e. The highest BCUT2D eigenvalue weighted by molar-refractivity contribution is 5.70. The van der Waals surface area contributed by atoms with Crippen LogP contribution < -0.4 is 0 Å². The predicted octanol–water partition coefficient (Wildman–Crippen LogP) is 4.70. The maximum Gasteiger partial charge on any atom is 0.410 e. The van der Waals surface area contributed by atoms with E-state index in [2.05, 4.69) is 6.58 Å². The molecule has 32 heavy (non-hydrogen) atoms. The quantitative estimate of drug-likeness (QED) is 0.614. The second kappa shape index (κ2) is 10.9. The van der Waals surface area contributed by atoms with Gasteiger partial charge in [-0.1, -0.05) is 35.9 Å². The van der Waals surface area contributed by atoms with E-state index in [4.69, 9.17) is 9.47 Å². The highest BCUT2D eigenvalue weighted by Crippen LogP contribution is 2.32. The molecule has 0 aromatic heterocycles. The molecule has 1 fully saturated rings. The van der Waals surface area contributed by atoms with Gasteiger partial charge in [-0.3, -0.25) is 0 Å². The first-order valence-corrected chi connectivity index (χ1v) is 11.2. The van der Waals surface area contributed by atoms with Gasteiger partial charge in [0.25, 0.3) is 0 Å². The summed E-state index contributed by atoms with van der Waals surface area (Å²) in [6, 6.07) is 9.23. The van der Waals surface area contributed by atoms with Crippen molar-refractivity contribution in [2.24, 2.45) is 0 Å². The molecule has 0 radical (unpaired) electrons. The molecule has 1 aliphatic rings. The van der Waals surface area contributed by atoms with Gasteiger partial charge in [0.2, 0.25) is 0 Å². The molecule has 1 saturated heterocycles. The van der Waals surface area contributed by atoms with E-state index in [9.17, 15) is 14.7 Å². The molecule has 7 heteroatoms. The lowest BCUT2D eigenvalue weighted by atomic mass is 9.84. The molecule has 1 aromatic rings. The third kappa shape index (κ3) is 7.26. The number of amides is 2. The molecule has 1 aromatic carbocycles. The minimum Gasteiger partial charge on any atom is -0.453 e. The number of ether oxygens (including phenoxy) is 2. The van der Waals surface area contributed by atoms with Crippen molar-refractivity contribution in [1.29, 1.82) is 0 Å². The van der Waals surface area contributed by atoms with E-state index in [0.717, 1.165) is 24.0 Å². The second-order valence-corrected chi connectivity index (χ2v) is 9.67. The van der Waals surface area contributed by atoms with Crippen LogP contribution in [0.15, 0.2) is 42.5 Å². The summed E-state index contributed by atoms with van der Waals surface area (Å²) in [5.74, 6) is 0. The summed E-state index contributed by atoms with van der Waals surface area (Å²) < 4.78 is 10.6. The summed E-state index contributed by atoms with van der Waals surface area (Å²) in [5, 5.41) is 11.5. The van der Waals surface area contributed by atoms with Crippen LogP contribution in [-0.2, 0) is 15.1 Å². The number of benzene rings is 1. The molecule has 0 spiro atoms. The van der Waals surface area contributed by atoms with Gasteiger partial charge >= 0.3 is 12.2 Å². The largest absolute Gasteiger partial charge is 0.453 e. The fraction of sp³-hybridized carbons (Fsp3) is 0.600. The fourth-order valence-electron chi connectivity index (χ4n) is 4.13. The summed E-state index contributed by atoms with van der Waals surface area (Å²) >= 11 is 0. The van der Waals surface area contributed by atoms with Gasteiger partial charge in [0.1, 0.15) is 5.60 Å². The minimum absolute atomic E-state index is 0.214. The number of carbonyl (C=O) groups excluding carboxylic acids is 2. The third-order valence-electron chi connectivity index (χ3n) is 5.57. The van der Waals surface area contributed by atoms with Crippen molar-refractivity contribution in [3.05, 3.63) is 48.0 Å². The lowest BCUT2D eigenvalue weighted by molar-refractivity contribution is -0.00280. The summed E-state index contributed by atoms with van der Waals surface area (Å²) in [6.07, 6.45) is 1.37. The van der Waals surface area contributed by atoms with Crippen molar-refractivity contribution < 1.29 is 24.2 Å². The number of nitrogens with zero attached hydrogens (tertiary/aromatic N) is 2. The number of hydrogen-bond donors (Lipinski definition) is 1. The van der Waals surface area contributed by atoms with E-state index in [0.29, 0.717) is 25.9 Å². The van der Waals surface area contributed by atoms with Crippen LogP contribution in [0.3, 0.4) is 0 Å². The molecule has 0 bridgehead atoms. The molecule has 2 atom stereocenters. The van der Waals surface area contributed by atoms with Crippen molar-refractivity contribution in [2.75, 3.05) is 26.7 Å². The van der Waals surface area contributed by atoms with Crippen LogP contribution in [0, 0.1) is 0 Å². The number of likely N-dealkylation sites (tertiary alicyclic amines) is 1. The Balaban J connectivity index is 2.17. The van der Waals surface area contributed by atoms with Gasteiger partial charge in [-0.2, -0.15) is 0 Å². The monoisotopic (exact) mass is 446 g/mol. The summed E-state index contributed by atoms with van der Waals surface area (Å²) in [7, 11) is 1.35. The van der Waals surface area contributed by atoms with Gasteiger partial charge in [-0.15, -0.1) is 6.58 Å². The van der Waals surface area contributed by atoms with Crippen LogP contribution in [0.2, 0.25) is 0 Å². The number of carbonyl (C=O) groups is 2. The summed E-state index contributed by atoms with van der Waals surface area (Å²) in [6.45, 7) is 12.6. The third-order valence-corrected chi connectivity index (χ3v) is 5.57. The molecule has 1 aliphatic heterocycles. The molecule has 0 saturated carbocycles. The van der Waals surface area contributed by atoms with E-state index in [-0.39, 0.29) is 18.7 Å². The maximum atomic E-state index is 12.7. The standard InChI is InChI=1S/C25H38N2O5/c1-19(2)17-25(30,20-11-8-7-9-12-20)14-16-27(23(29)31-6)21-13-10-15-26(18-21)22(28)32-24(3,4)5/h7-9,11-12,21,30H,1,10,13-18H2,2-6H3. The molecular formula is C25H38N2O5. The van der Waals surface area contributed by atoms with E-state index in [1.54, 1.807) is 9.80 Å². The summed E-state index contributed by atoms with van der Waals surface area (Å²) in [5.41, 5.74) is -0.0961. The van der Waals surface area contributed by atoms with E-state index in [1.165, 1.54) is 7.11 Å². The van der Waals surface area contributed by atoms with Crippen LogP contribution in [0.1, 0.15) is 58.9 Å². The van der Waals surface area contributed by atoms with Crippen LogP contribution >= 0.6 is 0 Å². The Morgan fingerprint density at radius 2 is 1.91 bits per heavy atom. The average Bonchev–Trinajstić information content (AvgIpc) is 2.73. The zero-order valence-corrected chi connectivity index (χ0v) is 20.1. The molecule has 178 valence electrons. The fourth-order valence-corrected chi connectivity index (χ4v) is 4.13. The SMILES string of the molecule is C=C(C)CC(O)(CCN(C(=O)OC)C1CCCN(C(=O)OC(C)(C)C)C1)c1ccccc1. The van der Waals surface area contributed by atoms with Crippen LogP contribution in [0.4, 0.5) is 9.59 Å². The molecule has 1 heterocycles. The molecule has 2 unspecified atom stereocenters. The van der Waals surface area contributed by atoms with Crippen molar-refractivity contribution >= 4 is 12.2 Å². The Labute approximate surface area is 192 Å². The van der Waals surface area contributed by atoms with Gasteiger partial charge in [0.15, 0.2) is 0 Å². The van der Waals surface area contributed by atoms with E-state index < -0.39 is 17.3 Å². The van der Waals surface area contributed by atoms with Crippen molar-refractivity contribution in [3.8, 4) is 0 Å². The lowest BCUT2D eigenvalue weighted by Gasteiger charge is -2.40. The zero-order chi connectivity index (χ0) is 23.9. The van der Waals surface area contributed by atoms with E-state index >= 15 is 0 Å². The second-order valence-electron chi connectivity index (χ2n) is 9.67. The number of methoxy groups -OCH3 is 1. The average molecular weight is 447 g/mol. The Bertz CT molecular complexity index is 789. The van der Waals surface area contributed by atoms with Gasteiger partial charge in [-0.25, -0.2) is 9.59 Å². The van der Waals surface area contributed by atoms with Crippen LogP contribution in [0.25, 0.3) is 0 Å². The van der Waals surface area contributed by atoms with Crippen molar-refractivity contribution in [3.63, 3.8) is 0 Å². The predicted molar refractivity (Wildman–Crippen MR) is 124 cm³/mol. The number of aliphatic hydroxyl groups is 1. The molecule has 2 amide bonds. The first-order valence-electron chi connectivity index (χ1n) is 11.2. The number of rotatable bonds is 7. The molecule has 1 N–H and O–H groups in total. The Kier molecular flexibility index (Phi) is 8.73. The minimum atomic E-state index is -1.15. The van der Waals surface area contributed by atoms with Gasteiger partial charge in [0.05, 0.1) is 18.8 Å². The molecule has 0 aliphatic carbocycles. The Morgan fingerprint density at radius 1 is 1.25 bits per heavy atom. The van der Waals surface area contributed by atoms with Crippen molar-refractivity contribution in [1.82, 2.24) is 9.80 Å². The first-order chi connectivity index (χ1) is 14.9. The number of hydrogen-bond acceptors (Lipinski definition) is 5. The Hall–Kier alpha value is -2.54. The number of piperidine rings is 1. The highest BCUT2D eigenvalue weighted by Gasteiger charge is 2.36.